The Morgan fingerprint density at radius 1 is 1.19 bits per heavy atom. The molecule has 0 radical (unpaired) electrons. The topological polar surface area (TPSA) is 166 Å². The van der Waals surface area contributed by atoms with Crippen molar-refractivity contribution in [1.82, 2.24) is 20.5 Å². The third kappa shape index (κ3) is 7.71. The molecule has 5 rings (SSSR count). The molecule has 1 saturated heterocycles. The third-order valence-corrected chi connectivity index (χ3v) is 8.80. The van der Waals surface area contributed by atoms with Crippen molar-refractivity contribution in [2.24, 2.45) is 5.92 Å². The van der Waals surface area contributed by atoms with E-state index < -0.39 is 53.7 Å². The fraction of sp³-hybridized carbons (Fsp3) is 0.559. The van der Waals surface area contributed by atoms with E-state index in [-0.39, 0.29) is 25.3 Å². The first-order valence-corrected chi connectivity index (χ1v) is 16.3. The lowest BCUT2D eigenvalue weighted by Crippen LogP contribution is -2.56. The number of methoxy groups -OCH3 is 1. The molecule has 1 unspecified atom stereocenters. The van der Waals surface area contributed by atoms with Gasteiger partial charge < -0.3 is 39.6 Å². The zero-order chi connectivity index (χ0) is 33.7. The van der Waals surface area contributed by atoms with E-state index in [2.05, 4.69) is 15.6 Å². The van der Waals surface area contributed by atoms with Gasteiger partial charge in [0.25, 0.3) is 0 Å². The second-order valence-corrected chi connectivity index (χ2v) is 12.6. The minimum Gasteiger partial charge on any atom is -0.497 e. The van der Waals surface area contributed by atoms with Crippen LogP contribution in [0.5, 0.6) is 17.4 Å². The Hall–Kier alpha value is -4.55. The number of alkyl carbamates (subject to hydrolysis) is 1. The molecule has 2 aliphatic heterocycles. The van der Waals surface area contributed by atoms with E-state index in [9.17, 15) is 24.3 Å². The summed E-state index contributed by atoms with van der Waals surface area (Å²) in [5.41, 5.74) is -0.858. The van der Waals surface area contributed by atoms with Gasteiger partial charge in [-0.1, -0.05) is 25.0 Å². The highest BCUT2D eigenvalue weighted by Gasteiger charge is 2.61. The van der Waals surface area contributed by atoms with Gasteiger partial charge in [-0.05, 0) is 58.6 Å². The summed E-state index contributed by atoms with van der Waals surface area (Å²) in [5, 5.41) is 16.3. The van der Waals surface area contributed by atoms with Crippen LogP contribution in [0.4, 0.5) is 4.79 Å². The smallest absolute Gasteiger partial charge is 0.408 e. The molecule has 3 heterocycles. The maximum atomic E-state index is 14.2. The lowest BCUT2D eigenvalue weighted by atomic mass is 10.0. The number of amides is 3. The standard InChI is InChI=1S/C34H44N4O9/c1-5-45-29-17-28(24-14-13-22(44-4)15-26(24)35-29)47-23-16-27-30(39)37-34(32(41)42)18-21(34)11-9-7-6-8-10-12-25(31(40)38(27)19-23)36-33(43)46-20(2)3/h9,11,13-15,17,20-21,23,25,27H,5-8,10,12,16,18-19H2,1-4H3,(H,36,43)(H,37,39)(H,41,42)/b11-9-/t21-,23-,25-,27?,34-/m1/s1. The highest BCUT2D eigenvalue weighted by molar-refractivity contribution is 5.96. The van der Waals surface area contributed by atoms with Crippen molar-refractivity contribution in [3.8, 4) is 17.4 Å². The van der Waals surface area contributed by atoms with Gasteiger partial charge in [-0.3, -0.25) is 9.59 Å². The van der Waals surface area contributed by atoms with Crippen LogP contribution in [0.25, 0.3) is 10.9 Å². The summed E-state index contributed by atoms with van der Waals surface area (Å²) in [6, 6.07) is 5.05. The molecule has 2 fully saturated rings. The number of carbonyl (C=O) groups excluding carboxylic acids is 3. The van der Waals surface area contributed by atoms with E-state index in [1.54, 1.807) is 39.2 Å². The van der Waals surface area contributed by atoms with Gasteiger partial charge in [-0.15, -0.1) is 0 Å². The fourth-order valence-corrected chi connectivity index (χ4v) is 6.32. The molecule has 1 aromatic carbocycles. The quantitative estimate of drug-likeness (QED) is 0.355. The number of benzene rings is 1. The van der Waals surface area contributed by atoms with Gasteiger partial charge in [0.1, 0.15) is 35.2 Å². The minimum absolute atomic E-state index is 0.0294. The van der Waals surface area contributed by atoms with E-state index in [0.29, 0.717) is 47.7 Å². The Morgan fingerprint density at radius 3 is 2.72 bits per heavy atom. The summed E-state index contributed by atoms with van der Waals surface area (Å²) in [6.45, 7) is 5.68. The van der Waals surface area contributed by atoms with Gasteiger partial charge in [0.15, 0.2) is 0 Å². The Bertz CT molecular complexity index is 1530. The van der Waals surface area contributed by atoms with Crippen molar-refractivity contribution < 1.29 is 43.2 Å². The fourth-order valence-electron chi connectivity index (χ4n) is 6.32. The van der Waals surface area contributed by atoms with E-state index in [0.717, 1.165) is 19.3 Å². The van der Waals surface area contributed by atoms with Gasteiger partial charge in [-0.25, -0.2) is 14.6 Å². The number of carbonyl (C=O) groups is 4. The third-order valence-electron chi connectivity index (χ3n) is 8.80. The summed E-state index contributed by atoms with van der Waals surface area (Å²) >= 11 is 0. The highest BCUT2D eigenvalue weighted by Crippen LogP contribution is 2.45. The van der Waals surface area contributed by atoms with Gasteiger partial charge >= 0.3 is 12.1 Å². The van der Waals surface area contributed by atoms with Crippen LogP contribution >= 0.6 is 0 Å². The van der Waals surface area contributed by atoms with Gasteiger partial charge in [0.05, 0.1) is 31.9 Å². The molecular weight excluding hydrogens is 608 g/mol. The van der Waals surface area contributed by atoms with Crippen LogP contribution in [0, 0.1) is 5.92 Å². The number of nitrogens with one attached hydrogen (secondary N) is 2. The normalized spacial score (nSPS) is 27.0. The highest BCUT2D eigenvalue weighted by atomic mass is 16.6. The number of pyridine rings is 1. The van der Waals surface area contributed by atoms with Gasteiger partial charge in [-0.2, -0.15) is 0 Å². The predicted octanol–water partition coefficient (Wildman–Crippen LogP) is 3.97. The second kappa shape index (κ2) is 14.5. The lowest BCUT2D eigenvalue weighted by molar-refractivity contribution is -0.145. The molecule has 47 heavy (non-hydrogen) atoms. The van der Waals surface area contributed by atoms with Crippen molar-refractivity contribution >= 4 is 34.8 Å². The molecule has 0 spiro atoms. The lowest BCUT2D eigenvalue weighted by Gasteiger charge is -2.29. The number of allylic oxidation sites excluding steroid dienone is 1. The zero-order valence-corrected chi connectivity index (χ0v) is 27.3. The van der Waals surface area contributed by atoms with Crippen molar-refractivity contribution in [2.75, 3.05) is 20.3 Å². The van der Waals surface area contributed by atoms with Crippen LogP contribution in [0.15, 0.2) is 36.4 Å². The average Bonchev–Trinajstić information content (AvgIpc) is 3.56. The predicted molar refractivity (Wildman–Crippen MR) is 171 cm³/mol. The Morgan fingerprint density at radius 2 is 2.00 bits per heavy atom. The van der Waals surface area contributed by atoms with E-state index in [1.165, 1.54) is 4.90 Å². The average molecular weight is 653 g/mol. The van der Waals surface area contributed by atoms with Crippen molar-refractivity contribution in [2.45, 2.75) is 95.5 Å². The second-order valence-electron chi connectivity index (χ2n) is 12.6. The molecule has 5 atom stereocenters. The number of carboxylic acids is 1. The van der Waals surface area contributed by atoms with Gasteiger partial charge in [0.2, 0.25) is 17.7 Å². The molecule has 3 N–H and O–H groups in total. The largest absolute Gasteiger partial charge is 0.497 e. The van der Waals surface area contributed by atoms with Crippen molar-refractivity contribution in [3.05, 3.63) is 36.4 Å². The summed E-state index contributed by atoms with van der Waals surface area (Å²) in [6.07, 6.45) is 5.83. The van der Waals surface area contributed by atoms with Crippen LogP contribution in [0.1, 0.15) is 65.7 Å². The Labute approximate surface area is 274 Å². The molecule has 254 valence electrons. The number of rotatable bonds is 8. The van der Waals surface area contributed by atoms with Crippen molar-refractivity contribution in [1.29, 1.82) is 0 Å². The molecule has 13 nitrogen and oxygen atoms in total. The summed E-state index contributed by atoms with van der Waals surface area (Å²) in [4.78, 5) is 59.1. The molecular formula is C34H44N4O9. The maximum absolute atomic E-state index is 14.2. The summed E-state index contributed by atoms with van der Waals surface area (Å²) < 4.78 is 22.8. The molecule has 0 bridgehead atoms. The van der Waals surface area contributed by atoms with Gasteiger partial charge in [0, 0.05) is 29.9 Å². The number of hydrogen-bond donors (Lipinski definition) is 3. The zero-order valence-electron chi connectivity index (χ0n) is 27.3. The Kier molecular flexibility index (Phi) is 10.4. The number of ether oxygens (including phenoxy) is 4. The molecule has 3 amide bonds. The van der Waals surface area contributed by atoms with Crippen LogP contribution in [0.2, 0.25) is 0 Å². The molecule has 1 aliphatic carbocycles. The monoisotopic (exact) mass is 652 g/mol. The van der Waals surface area contributed by atoms with Crippen molar-refractivity contribution in [3.63, 3.8) is 0 Å². The number of fused-ring (bicyclic) bond motifs is 3. The maximum Gasteiger partial charge on any atom is 0.408 e. The first kappa shape index (κ1) is 33.8. The molecule has 13 heteroatoms. The molecule has 1 saturated carbocycles. The van der Waals surface area contributed by atoms with Crippen LogP contribution < -0.4 is 24.8 Å². The number of aliphatic carboxylic acids is 1. The Balaban J connectivity index is 1.47. The van der Waals surface area contributed by atoms with E-state index in [1.807, 2.05) is 25.1 Å². The van der Waals surface area contributed by atoms with E-state index in [4.69, 9.17) is 18.9 Å². The molecule has 1 aromatic heterocycles. The minimum atomic E-state index is -1.44. The first-order chi connectivity index (χ1) is 22.5. The van der Waals surface area contributed by atoms with Crippen LogP contribution in [0.3, 0.4) is 0 Å². The summed E-state index contributed by atoms with van der Waals surface area (Å²) in [5.74, 6) is -1.11. The number of nitrogens with zero attached hydrogens (tertiary/aromatic N) is 2. The summed E-state index contributed by atoms with van der Waals surface area (Å²) in [7, 11) is 1.56. The SMILES string of the molecule is CCOc1cc(O[C@@H]2CC3C(=O)N[C@]4(C(=O)O)C[C@H]4/C=C\CCCCC[C@@H](NC(=O)OC(C)C)C(=O)N3C2)c2ccc(OC)cc2n1. The molecule has 2 aromatic rings. The molecule has 3 aliphatic rings. The number of carboxylic acid groups (broad SMARTS) is 1. The van der Waals surface area contributed by atoms with Crippen LogP contribution in [-0.2, 0) is 19.1 Å². The number of hydrogen-bond acceptors (Lipinski definition) is 9. The first-order valence-electron chi connectivity index (χ1n) is 16.3. The van der Waals surface area contributed by atoms with E-state index >= 15 is 0 Å². The number of aromatic nitrogens is 1. The van der Waals surface area contributed by atoms with Crippen LogP contribution in [-0.4, -0.2) is 89.0 Å².